The van der Waals surface area contributed by atoms with Crippen molar-refractivity contribution in [1.29, 1.82) is 5.26 Å². The van der Waals surface area contributed by atoms with Gasteiger partial charge in [0.25, 0.3) is 0 Å². The van der Waals surface area contributed by atoms with Crippen LogP contribution < -0.4 is 10.1 Å². The molecule has 0 aromatic heterocycles. The summed E-state index contributed by atoms with van der Waals surface area (Å²) in [6.07, 6.45) is 0. The lowest BCUT2D eigenvalue weighted by atomic mass is 10.2. The van der Waals surface area contributed by atoms with Crippen LogP contribution in [0.5, 0.6) is 5.75 Å². The number of nitrogens with one attached hydrogen (secondary N) is 1. The van der Waals surface area contributed by atoms with Gasteiger partial charge in [0.1, 0.15) is 11.6 Å². The highest BCUT2D eigenvalue weighted by Crippen LogP contribution is 2.22. The monoisotopic (exact) mass is 453 g/mol. The molecule has 1 amide bonds. The van der Waals surface area contributed by atoms with E-state index in [1.807, 2.05) is 6.07 Å². The van der Waals surface area contributed by atoms with Gasteiger partial charge in [0.2, 0.25) is 15.9 Å². The number of sulfonamides is 1. The van der Waals surface area contributed by atoms with Crippen molar-refractivity contribution >= 4 is 21.6 Å². The molecule has 0 spiro atoms. The van der Waals surface area contributed by atoms with Crippen LogP contribution in [0.2, 0.25) is 0 Å². The maximum Gasteiger partial charge on any atom is 0.243 e. The number of nitriles is 1. The molecule has 0 atom stereocenters. The second-order valence-electron chi connectivity index (χ2n) is 6.82. The minimum Gasteiger partial charge on any atom is -0.497 e. The number of nitrogens with zero attached hydrogens (tertiary/aromatic N) is 2. The lowest BCUT2D eigenvalue weighted by molar-refractivity contribution is -0.116. The van der Waals surface area contributed by atoms with Gasteiger partial charge in [-0.05, 0) is 60.2 Å². The number of carbonyl (C=O) groups is 1. The number of anilines is 1. The van der Waals surface area contributed by atoms with Gasteiger partial charge in [-0.3, -0.25) is 4.79 Å². The molecule has 0 bridgehead atoms. The summed E-state index contributed by atoms with van der Waals surface area (Å²) in [5.74, 6) is -0.545. The van der Waals surface area contributed by atoms with Crippen LogP contribution in [-0.2, 0) is 21.4 Å². The Bertz CT molecular complexity index is 1240. The third-order valence-electron chi connectivity index (χ3n) is 4.56. The molecule has 164 valence electrons. The van der Waals surface area contributed by atoms with Crippen LogP contribution in [0.15, 0.2) is 77.7 Å². The molecule has 0 heterocycles. The zero-order valence-corrected chi connectivity index (χ0v) is 18.0. The van der Waals surface area contributed by atoms with Crippen molar-refractivity contribution in [1.82, 2.24) is 4.31 Å². The minimum atomic E-state index is -4.06. The molecule has 0 aliphatic heterocycles. The molecule has 0 radical (unpaired) electrons. The number of halogens is 1. The quantitative estimate of drug-likeness (QED) is 0.562. The van der Waals surface area contributed by atoms with Crippen LogP contribution in [0.25, 0.3) is 0 Å². The molecule has 0 unspecified atom stereocenters. The topological polar surface area (TPSA) is 99.5 Å². The normalized spacial score (nSPS) is 11.1. The van der Waals surface area contributed by atoms with Crippen molar-refractivity contribution in [2.45, 2.75) is 11.4 Å². The first-order valence-corrected chi connectivity index (χ1v) is 10.9. The molecule has 0 saturated heterocycles. The Balaban J connectivity index is 1.87. The maximum absolute atomic E-state index is 13.3. The first kappa shape index (κ1) is 22.9. The molecule has 3 aromatic rings. The van der Waals surface area contributed by atoms with Crippen LogP contribution in [0.3, 0.4) is 0 Å². The van der Waals surface area contributed by atoms with Gasteiger partial charge in [-0.15, -0.1) is 0 Å². The van der Waals surface area contributed by atoms with E-state index in [1.54, 1.807) is 18.2 Å². The molecule has 9 heteroatoms. The molecule has 0 aliphatic rings. The van der Waals surface area contributed by atoms with E-state index in [-0.39, 0.29) is 11.4 Å². The zero-order chi connectivity index (χ0) is 23.1. The van der Waals surface area contributed by atoms with Gasteiger partial charge in [0.05, 0.1) is 30.2 Å². The van der Waals surface area contributed by atoms with E-state index >= 15 is 0 Å². The largest absolute Gasteiger partial charge is 0.497 e. The van der Waals surface area contributed by atoms with Gasteiger partial charge in [0, 0.05) is 12.2 Å². The van der Waals surface area contributed by atoms with E-state index in [4.69, 9.17) is 10.00 Å². The Morgan fingerprint density at radius 1 is 1.09 bits per heavy atom. The van der Waals surface area contributed by atoms with Crippen molar-refractivity contribution in [2.75, 3.05) is 19.0 Å². The van der Waals surface area contributed by atoms with Crippen LogP contribution >= 0.6 is 0 Å². The summed E-state index contributed by atoms with van der Waals surface area (Å²) in [7, 11) is -2.60. The second-order valence-corrected chi connectivity index (χ2v) is 8.75. The molecule has 32 heavy (non-hydrogen) atoms. The Morgan fingerprint density at radius 3 is 2.41 bits per heavy atom. The van der Waals surface area contributed by atoms with Crippen molar-refractivity contribution in [3.8, 4) is 11.8 Å². The third-order valence-corrected chi connectivity index (χ3v) is 6.37. The number of hydrogen-bond acceptors (Lipinski definition) is 5. The minimum absolute atomic E-state index is 0.0142. The van der Waals surface area contributed by atoms with E-state index in [0.29, 0.717) is 22.6 Å². The first-order chi connectivity index (χ1) is 15.3. The number of benzene rings is 3. The van der Waals surface area contributed by atoms with Crippen LogP contribution in [0.1, 0.15) is 11.1 Å². The molecule has 0 aliphatic carbocycles. The lowest BCUT2D eigenvalue weighted by Gasteiger charge is -2.22. The number of methoxy groups -OCH3 is 1. The molecular formula is C23H20FN3O4S. The first-order valence-electron chi connectivity index (χ1n) is 9.50. The van der Waals surface area contributed by atoms with Crippen molar-refractivity contribution in [2.24, 2.45) is 0 Å². The van der Waals surface area contributed by atoms with Gasteiger partial charge < -0.3 is 10.1 Å². The predicted octanol–water partition coefficient (Wildman–Crippen LogP) is 3.54. The fraction of sp³-hybridized carbons (Fsp3) is 0.130. The Hall–Kier alpha value is -3.74. The standard InChI is InChI=1S/C23H20FN3O4S/c1-31-21-9-11-22(12-10-21)32(29,30)27(15-17-5-7-19(24)8-6-17)16-23(28)26-20-4-2-3-18(13-20)14-25/h2-13H,15-16H2,1H3,(H,26,28). The smallest absolute Gasteiger partial charge is 0.243 e. The molecule has 3 aromatic carbocycles. The summed E-state index contributed by atoms with van der Waals surface area (Å²) in [6, 6.07) is 19.4. The highest BCUT2D eigenvalue weighted by atomic mass is 32.2. The fourth-order valence-corrected chi connectivity index (χ4v) is 4.33. The average Bonchev–Trinajstić information content (AvgIpc) is 2.80. The number of ether oxygens (including phenoxy) is 1. The maximum atomic E-state index is 13.3. The van der Waals surface area contributed by atoms with Gasteiger partial charge in [-0.2, -0.15) is 9.57 Å². The zero-order valence-electron chi connectivity index (χ0n) is 17.2. The van der Waals surface area contributed by atoms with Gasteiger partial charge in [0.15, 0.2) is 0 Å². The molecule has 0 saturated carbocycles. The summed E-state index contributed by atoms with van der Waals surface area (Å²) < 4.78 is 45.9. The summed E-state index contributed by atoms with van der Waals surface area (Å²) in [5, 5.41) is 11.6. The fourth-order valence-electron chi connectivity index (χ4n) is 2.94. The highest BCUT2D eigenvalue weighted by Gasteiger charge is 2.27. The third kappa shape index (κ3) is 5.69. The molecular weight excluding hydrogens is 433 g/mol. The summed E-state index contributed by atoms with van der Waals surface area (Å²) in [5.41, 5.74) is 1.25. The predicted molar refractivity (Wildman–Crippen MR) is 117 cm³/mol. The molecule has 1 N–H and O–H groups in total. The molecule has 0 fully saturated rings. The summed E-state index contributed by atoms with van der Waals surface area (Å²) >= 11 is 0. The van der Waals surface area contributed by atoms with Crippen LogP contribution in [0.4, 0.5) is 10.1 Å². The van der Waals surface area contributed by atoms with E-state index in [0.717, 1.165) is 4.31 Å². The highest BCUT2D eigenvalue weighted by molar-refractivity contribution is 7.89. The molecule has 7 nitrogen and oxygen atoms in total. The average molecular weight is 453 g/mol. The van der Waals surface area contributed by atoms with Gasteiger partial charge in [-0.1, -0.05) is 18.2 Å². The van der Waals surface area contributed by atoms with Gasteiger partial charge in [-0.25, -0.2) is 12.8 Å². The van der Waals surface area contributed by atoms with Crippen molar-refractivity contribution in [3.63, 3.8) is 0 Å². The van der Waals surface area contributed by atoms with Crippen molar-refractivity contribution in [3.05, 3.63) is 89.7 Å². The van der Waals surface area contributed by atoms with E-state index in [1.165, 1.54) is 61.7 Å². The van der Waals surface area contributed by atoms with Gasteiger partial charge >= 0.3 is 0 Å². The Kier molecular flexibility index (Phi) is 7.20. The van der Waals surface area contributed by atoms with Crippen LogP contribution in [0, 0.1) is 17.1 Å². The Labute approximate surface area is 185 Å². The van der Waals surface area contributed by atoms with Crippen molar-refractivity contribution < 1.29 is 22.3 Å². The second kappa shape index (κ2) is 10.0. The summed E-state index contributed by atoms with van der Waals surface area (Å²) in [4.78, 5) is 12.7. The van der Waals surface area contributed by atoms with Crippen LogP contribution in [-0.4, -0.2) is 32.3 Å². The summed E-state index contributed by atoms with van der Waals surface area (Å²) in [6.45, 7) is -0.622. The SMILES string of the molecule is COc1ccc(S(=O)(=O)N(CC(=O)Nc2cccc(C#N)c2)Cc2ccc(F)cc2)cc1. The Morgan fingerprint density at radius 2 is 1.78 bits per heavy atom. The number of amides is 1. The van der Waals surface area contributed by atoms with E-state index in [9.17, 15) is 17.6 Å². The van der Waals surface area contributed by atoms with E-state index < -0.39 is 28.3 Å². The number of carbonyl (C=O) groups excluding carboxylic acids is 1. The van der Waals surface area contributed by atoms with E-state index in [2.05, 4.69) is 5.32 Å². The number of hydrogen-bond donors (Lipinski definition) is 1. The number of rotatable bonds is 8. The lowest BCUT2D eigenvalue weighted by Crippen LogP contribution is -2.37. The molecule has 3 rings (SSSR count).